The van der Waals surface area contributed by atoms with Crippen LogP contribution in [0.4, 0.5) is 0 Å². The van der Waals surface area contributed by atoms with Crippen LogP contribution in [0.5, 0.6) is 0 Å². The van der Waals surface area contributed by atoms with Gasteiger partial charge in [0.2, 0.25) is 0 Å². The predicted octanol–water partition coefficient (Wildman–Crippen LogP) is 0.534. The lowest BCUT2D eigenvalue weighted by Crippen LogP contribution is -2.25. The zero-order valence-electron chi connectivity index (χ0n) is 5.47. The van der Waals surface area contributed by atoms with Crippen molar-refractivity contribution in [2.45, 2.75) is 25.3 Å². The molecule has 2 N–H and O–H groups in total. The van der Waals surface area contributed by atoms with Crippen LogP contribution < -0.4 is 5.48 Å². The monoisotopic (exact) mass is 131 g/mol. The second-order valence-electron chi connectivity index (χ2n) is 2.37. The van der Waals surface area contributed by atoms with Crippen LogP contribution in [0.15, 0.2) is 0 Å². The Morgan fingerprint density at radius 2 is 2.22 bits per heavy atom. The Bertz CT molecular complexity index is 69.5. The molecule has 0 bridgehead atoms. The van der Waals surface area contributed by atoms with E-state index in [1.165, 1.54) is 0 Å². The van der Waals surface area contributed by atoms with Crippen molar-refractivity contribution >= 4 is 0 Å². The first kappa shape index (κ1) is 6.99. The molecule has 1 fully saturated rings. The van der Waals surface area contributed by atoms with Crippen molar-refractivity contribution in [3.05, 3.63) is 0 Å². The molecule has 0 radical (unpaired) electrons. The summed E-state index contributed by atoms with van der Waals surface area (Å²) < 4.78 is 5.18. The van der Waals surface area contributed by atoms with Crippen LogP contribution in [-0.4, -0.2) is 24.5 Å². The maximum absolute atomic E-state index is 8.51. The summed E-state index contributed by atoms with van der Waals surface area (Å²) in [5, 5.41) is 8.51. The molecule has 3 heteroatoms. The molecule has 0 aromatic rings. The van der Waals surface area contributed by atoms with E-state index in [0.717, 1.165) is 32.5 Å². The fourth-order valence-electron chi connectivity index (χ4n) is 1.03. The molecule has 0 amide bonds. The van der Waals surface area contributed by atoms with Crippen molar-refractivity contribution < 1.29 is 9.94 Å². The molecule has 0 aliphatic carbocycles. The Labute approximate surface area is 55.0 Å². The fourth-order valence-corrected chi connectivity index (χ4v) is 1.03. The van der Waals surface area contributed by atoms with Crippen molar-refractivity contribution in [2.75, 3.05) is 13.2 Å². The van der Waals surface area contributed by atoms with E-state index in [0.29, 0.717) is 0 Å². The lowest BCUT2D eigenvalue weighted by Gasteiger charge is -2.08. The maximum Gasteiger partial charge on any atom is 0.0481 e. The molecule has 0 aromatic carbocycles. The first-order chi connectivity index (χ1) is 4.43. The first-order valence-corrected chi connectivity index (χ1v) is 3.41. The van der Waals surface area contributed by atoms with Gasteiger partial charge in [-0.3, -0.25) is 0 Å². The van der Waals surface area contributed by atoms with Gasteiger partial charge in [0.15, 0.2) is 0 Å². The van der Waals surface area contributed by atoms with Crippen molar-refractivity contribution in [2.24, 2.45) is 0 Å². The summed E-state index contributed by atoms with van der Waals surface area (Å²) in [6.07, 6.45) is 3.01. The molecular formula is C6H13NO2. The molecule has 0 aromatic heterocycles. The van der Waals surface area contributed by atoms with E-state index < -0.39 is 0 Å². The smallest absolute Gasteiger partial charge is 0.0481 e. The summed E-state index contributed by atoms with van der Waals surface area (Å²) >= 11 is 0. The van der Waals surface area contributed by atoms with Crippen LogP contribution in [0.25, 0.3) is 0 Å². The van der Waals surface area contributed by atoms with Gasteiger partial charge in [-0.1, -0.05) is 0 Å². The van der Waals surface area contributed by atoms with E-state index in [-0.39, 0.29) is 6.04 Å². The zero-order valence-corrected chi connectivity index (χ0v) is 5.47. The number of nitrogens with one attached hydrogen (secondary N) is 1. The zero-order chi connectivity index (χ0) is 6.53. The normalized spacial score (nSPS) is 29.7. The van der Waals surface area contributed by atoms with Crippen molar-refractivity contribution in [1.29, 1.82) is 0 Å². The van der Waals surface area contributed by atoms with Crippen LogP contribution in [0, 0.1) is 0 Å². The molecular weight excluding hydrogens is 118 g/mol. The summed E-state index contributed by atoms with van der Waals surface area (Å²) in [7, 11) is 0. The Balaban J connectivity index is 2.18. The van der Waals surface area contributed by atoms with E-state index in [1.807, 2.05) is 0 Å². The highest BCUT2D eigenvalue weighted by Crippen LogP contribution is 2.06. The molecule has 3 nitrogen and oxygen atoms in total. The number of ether oxygens (including phenoxy) is 1. The van der Waals surface area contributed by atoms with Crippen molar-refractivity contribution in [3.8, 4) is 0 Å². The average Bonchev–Trinajstić information content (AvgIpc) is 2.13. The van der Waals surface area contributed by atoms with E-state index in [2.05, 4.69) is 5.48 Å². The Hall–Kier alpha value is -0.120. The SMILES string of the molecule is ONC1CCCOCC1. The fraction of sp³-hybridized carbons (Fsp3) is 1.00. The minimum atomic E-state index is 0.257. The van der Waals surface area contributed by atoms with Gasteiger partial charge in [0.1, 0.15) is 0 Å². The van der Waals surface area contributed by atoms with Crippen LogP contribution in [0.2, 0.25) is 0 Å². The summed E-state index contributed by atoms with van der Waals surface area (Å²) in [6, 6.07) is 0.257. The van der Waals surface area contributed by atoms with Crippen LogP contribution in [0.1, 0.15) is 19.3 Å². The third-order valence-electron chi connectivity index (χ3n) is 1.63. The average molecular weight is 131 g/mol. The third kappa shape index (κ3) is 2.30. The largest absolute Gasteiger partial charge is 0.381 e. The van der Waals surface area contributed by atoms with Gasteiger partial charge in [-0.2, -0.15) is 0 Å². The molecule has 1 unspecified atom stereocenters. The highest BCUT2D eigenvalue weighted by Gasteiger charge is 2.09. The number of rotatable bonds is 1. The van der Waals surface area contributed by atoms with E-state index in [4.69, 9.17) is 9.94 Å². The molecule has 54 valence electrons. The molecule has 0 saturated carbocycles. The Morgan fingerprint density at radius 3 is 3.00 bits per heavy atom. The topological polar surface area (TPSA) is 41.5 Å². The van der Waals surface area contributed by atoms with E-state index >= 15 is 0 Å². The molecule has 1 aliphatic rings. The highest BCUT2D eigenvalue weighted by atomic mass is 16.5. The maximum atomic E-state index is 8.51. The quantitative estimate of drug-likeness (QED) is 0.510. The van der Waals surface area contributed by atoms with Gasteiger partial charge in [-0.15, -0.1) is 0 Å². The second-order valence-corrected chi connectivity index (χ2v) is 2.37. The van der Waals surface area contributed by atoms with Gasteiger partial charge < -0.3 is 9.94 Å². The molecule has 9 heavy (non-hydrogen) atoms. The number of hydrogen-bond acceptors (Lipinski definition) is 3. The molecule has 1 saturated heterocycles. The van der Waals surface area contributed by atoms with Gasteiger partial charge in [0.25, 0.3) is 0 Å². The molecule has 0 spiro atoms. The van der Waals surface area contributed by atoms with Gasteiger partial charge in [0.05, 0.1) is 0 Å². The Kier molecular flexibility index (Phi) is 2.97. The minimum absolute atomic E-state index is 0.257. The standard InChI is InChI=1S/C6H13NO2/c8-7-6-2-1-4-9-5-3-6/h6-8H,1-5H2. The molecule has 1 heterocycles. The van der Waals surface area contributed by atoms with Gasteiger partial charge in [0, 0.05) is 19.3 Å². The summed E-state index contributed by atoms with van der Waals surface area (Å²) in [4.78, 5) is 0. The number of hydrogen-bond donors (Lipinski definition) is 2. The predicted molar refractivity (Wildman–Crippen MR) is 33.4 cm³/mol. The van der Waals surface area contributed by atoms with E-state index in [1.54, 1.807) is 0 Å². The third-order valence-corrected chi connectivity index (χ3v) is 1.63. The first-order valence-electron chi connectivity index (χ1n) is 3.41. The summed E-state index contributed by atoms with van der Waals surface area (Å²) in [5.74, 6) is 0. The van der Waals surface area contributed by atoms with Crippen molar-refractivity contribution in [1.82, 2.24) is 5.48 Å². The minimum Gasteiger partial charge on any atom is -0.381 e. The van der Waals surface area contributed by atoms with Crippen molar-refractivity contribution in [3.63, 3.8) is 0 Å². The van der Waals surface area contributed by atoms with Gasteiger partial charge in [-0.25, -0.2) is 5.48 Å². The molecule has 1 rings (SSSR count). The van der Waals surface area contributed by atoms with Crippen LogP contribution >= 0.6 is 0 Å². The number of hydroxylamine groups is 1. The van der Waals surface area contributed by atoms with E-state index in [9.17, 15) is 0 Å². The second kappa shape index (κ2) is 3.82. The van der Waals surface area contributed by atoms with Crippen LogP contribution in [0.3, 0.4) is 0 Å². The lowest BCUT2D eigenvalue weighted by atomic mass is 10.1. The van der Waals surface area contributed by atoms with Gasteiger partial charge in [-0.05, 0) is 19.3 Å². The Morgan fingerprint density at radius 1 is 1.33 bits per heavy atom. The molecule has 1 atom stereocenters. The molecule has 1 aliphatic heterocycles. The van der Waals surface area contributed by atoms with Gasteiger partial charge >= 0.3 is 0 Å². The summed E-state index contributed by atoms with van der Waals surface area (Å²) in [5.41, 5.74) is 2.26. The lowest BCUT2D eigenvalue weighted by molar-refractivity contribution is 0.106. The summed E-state index contributed by atoms with van der Waals surface area (Å²) in [6.45, 7) is 1.62. The van der Waals surface area contributed by atoms with Crippen LogP contribution in [-0.2, 0) is 4.74 Å². The highest BCUT2D eigenvalue weighted by molar-refractivity contribution is 4.64.